The monoisotopic (exact) mass is 208 g/mol. The van der Waals surface area contributed by atoms with Crippen LogP contribution < -0.4 is 10.6 Å². The van der Waals surface area contributed by atoms with Crippen LogP contribution in [0.3, 0.4) is 0 Å². The number of hydrogen-bond acceptors (Lipinski definition) is 2. The van der Waals surface area contributed by atoms with Crippen LogP contribution in [0.1, 0.15) is 32.1 Å². The molecule has 0 aromatic heterocycles. The summed E-state index contributed by atoms with van der Waals surface area (Å²) in [4.78, 5) is 11.9. The van der Waals surface area contributed by atoms with Crippen molar-refractivity contribution in [2.75, 3.05) is 13.1 Å². The lowest BCUT2D eigenvalue weighted by Crippen LogP contribution is -2.47. The van der Waals surface area contributed by atoms with E-state index in [0.717, 1.165) is 38.8 Å². The molecule has 84 valence electrons. The summed E-state index contributed by atoms with van der Waals surface area (Å²) in [6.07, 6.45) is 9.60. The lowest BCUT2D eigenvalue weighted by atomic mass is 9.93. The van der Waals surface area contributed by atoms with Crippen molar-refractivity contribution in [2.24, 2.45) is 5.92 Å². The molecule has 15 heavy (non-hydrogen) atoms. The fourth-order valence-electron chi connectivity index (χ4n) is 2.33. The molecule has 0 spiro atoms. The number of carbonyl (C=O) groups excluding carboxylic acids is 1. The van der Waals surface area contributed by atoms with Gasteiger partial charge in [-0.2, -0.15) is 0 Å². The van der Waals surface area contributed by atoms with Gasteiger partial charge in [0.05, 0.1) is 0 Å². The van der Waals surface area contributed by atoms with Gasteiger partial charge in [-0.3, -0.25) is 4.79 Å². The number of carbonyl (C=O) groups is 1. The second-order valence-electron chi connectivity index (χ2n) is 4.53. The average Bonchev–Trinajstić information content (AvgIpc) is 2.31. The maximum absolute atomic E-state index is 11.9. The molecule has 0 saturated carbocycles. The third-order valence-electron chi connectivity index (χ3n) is 3.28. The Bertz CT molecular complexity index is 244. The van der Waals surface area contributed by atoms with Crippen LogP contribution >= 0.6 is 0 Å². The minimum atomic E-state index is 0.219. The molecule has 1 heterocycles. The molecule has 1 fully saturated rings. The summed E-state index contributed by atoms with van der Waals surface area (Å²) >= 11 is 0. The van der Waals surface area contributed by atoms with Crippen LogP contribution in [0.25, 0.3) is 0 Å². The third-order valence-corrected chi connectivity index (χ3v) is 3.28. The smallest absolute Gasteiger partial charge is 0.223 e. The van der Waals surface area contributed by atoms with Crippen molar-refractivity contribution in [1.82, 2.24) is 10.6 Å². The highest BCUT2D eigenvalue weighted by Gasteiger charge is 2.22. The second kappa shape index (κ2) is 5.31. The lowest BCUT2D eigenvalue weighted by Gasteiger charge is -2.26. The van der Waals surface area contributed by atoms with Gasteiger partial charge in [-0.25, -0.2) is 0 Å². The van der Waals surface area contributed by atoms with Crippen molar-refractivity contribution in [3.05, 3.63) is 12.2 Å². The minimum Gasteiger partial charge on any atom is -0.352 e. The van der Waals surface area contributed by atoms with Gasteiger partial charge in [0.15, 0.2) is 0 Å². The Balaban J connectivity index is 1.77. The first kappa shape index (κ1) is 10.7. The summed E-state index contributed by atoms with van der Waals surface area (Å²) < 4.78 is 0. The Hall–Kier alpha value is -0.830. The number of rotatable bonds is 2. The molecule has 0 radical (unpaired) electrons. The zero-order valence-corrected chi connectivity index (χ0v) is 9.17. The van der Waals surface area contributed by atoms with Crippen LogP contribution in [-0.2, 0) is 4.79 Å². The number of piperidine rings is 1. The van der Waals surface area contributed by atoms with E-state index in [0.29, 0.717) is 6.04 Å². The SMILES string of the molecule is O=C(N[C@H]1CCCNC1)C1CC=CCC1. The standard InChI is InChI=1S/C12H20N2O/c15-12(10-5-2-1-3-6-10)14-11-7-4-8-13-9-11/h1-2,10-11,13H,3-9H2,(H,14,15)/t10?,11-/m0/s1. The van der Waals surface area contributed by atoms with Gasteiger partial charge in [-0.15, -0.1) is 0 Å². The van der Waals surface area contributed by atoms with Crippen LogP contribution in [-0.4, -0.2) is 25.0 Å². The molecular weight excluding hydrogens is 188 g/mol. The predicted molar refractivity (Wildman–Crippen MR) is 60.5 cm³/mol. The van der Waals surface area contributed by atoms with E-state index in [2.05, 4.69) is 22.8 Å². The van der Waals surface area contributed by atoms with Crippen LogP contribution in [0.2, 0.25) is 0 Å². The largest absolute Gasteiger partial charge is 0.352 e. The molecule has 1 amide bonds. The van der Waals surface area contributed by atoms with Crippen LogP contribution in [0.4, 0.5) is 0 Å². The second-order valence-corrected chi connectivity index (χ2v) is 4.53. The molecule has 3 heteroatoms. The molecule has 2 N–H and O–H groups in total. The normalized spacial score (nSPS) is 31.2. The molecule has 1 unspecified atom stereocenters. The van der Waals surface area contributed by atoms with Crippen molar-refractivity contribution in [1.29, 1.82) is 0 Å². The van der Waals surface area contributed by atoms with Gasteiger partial charge in [0, 0.05) is 18.5 Å². The number of nitrogens with one attached hydrogen (secondary N) is 2. The molecule has 0 aromatic carbocycles. The van der Waals surface area contributed by atoms with E-state index < -0.39 is 0 Å². The van der Waals surface area contributed by atoms with Gasteiger partial charge < -0.3 is 10.6 Å². The maximum atomic E-state index is 11.9. The van der Waals surface area contributed by atoms with E-state index in [1.54, 1.807) is 0 Å². The number of allylic oxidation sites excluding steroid dienone is 2. The van der Waals surface area contributed by atoms with Crippen molar-refractivity contribution in [3.8, 4) is 0 Å². The molecule has 2 aliphatic rings. The zero-order chi connectivity index (χ0) is 10.5. The van der Waals surface area contributed by atoms with Crippen molar-refractivity contribution < 1.29 is 4.79 Å². The maximum Gasteiger partial charge on any atom is 0.223 e. The molecule has 1 aliphatic heterocycles. The average molecular weight is 208 g/mol. The number of amides is 1. The Labute approximate surface area is 91.3 Å². The summed E-state index contributed by atoms with van der Waals surface area (Å²) in [5.74, 6) is 0.477. The first-order valence-corrected chi connectivity index (χ1v) is 6.02. The fourth-order valence-corrected chi connectivity index (χ4v) is 2.33. The molecular formula is C12H20N2O. The Kier molecular flexibility index (Phi) is 3.78. The van der Waals surface area contributed by atoms with E-state index in [4.69, 9.17) is 0 Å². The van der Waals surface area contributed by atoms with Crippen LogP contribution in [0, 0.1) is 5.92 Å². The Morgan fingerprint density at radius 1 is 1.33 bits per heavy atom. The van der Waals surface area contributed by atoms with E-state index in [-0.39, 0.29) is 11.8 Å². The number of hydrogen-bond donors (Lipinski definition) is 2. The Morgan fingerprint density at radius 3 is 2.93 bits per heavy atom. The summed E-state index contributed by atoms with van der Waals surface area (Å²) in [6, 6.07) is 0.358. The van der Waals surface area contributed by atoms with Gasteiger partial charge >= 0.3 is 0 Å². The Morgan fingerprint density at radius 2 is 2.27 bits per heavy atom. The molecule has 3 nitrogen and oxygen atoms in total. The zero-order valence-electron chi connectivity index (χ0n) is 9.17. The van der Waals surface area contributed by atoms with Crippen molar-refractivity contribution in [3.63, 3.8) is 0 Å². The van der Waals surface area contributed by atoms with Gasteiger partial charge in [0.2, 0.25) is 5.91 Å². The molecule has 2 rings (SSSR count). The molecule has 1 aliphatic carbocycles. The first-order valence-electron chi connectivity index (χ1n) is 6.02. The van der Waals surface area contributed by atoms with Crippen LogP contribution in [0.5, 0.6) is 0 Å². The summed E-state index contributed by atoms with van der Waals surface area (Å²) in [6.45, 7) is 2.03. The van der Waals surface area contributed by atoms with Gasteiger partial charge in [-0.1, -0.05) is 12.2 Å². The van der Waals surface area contributed by atoms with Crippen molar-refractivity contribution in [2.45, 2.75) is 38.1 Å². The highest BCUT2D eigenvalue weighted by molar-refractivity contribution is 5.79. The van der Waals surface area contributed by atoms with E-state index >= 15 is 0 Å². The van der Waals surface area contributed by atoms with Crippen molar-refractivity contribution >= 4 is 5.91 Å². The quantitative estimate of drug-likeness (QED) is 0.670. The summed E-state index contributed by atoms with van der Waals surface area (Å²) in [7, 11) is 0. The van der Waals surface area contributed by atoms with E-state index in [9.17, 15) is 4.79 Å². The van der Waals surface area contributed by atoms with Gasteiger partial charge in [0.1, 0.15) is 0 Å². The highest BCUT2D eigenvalue weighted by Crippen LogP contribution is 2.18. The van der Waals surface area contributed by atoms with Gasteiger partial charge in [0.25, 0.3) is 0 Å². The van der Waals surface area contributed by atoms with Crippen LogP contribution in [0.15, 0.2) is 12.2 Å². The van der Waals surface area contributed by atoms with E-state index in [1.165, 1.54) is 6.42 Å². The summed E-state index contributed by atoms with van der Waals surface area (Å²) in [5.41, 5.74) is 0. The fraction of sp³-hybridized carbons (Fsp3) is 0.750. The lowest BCUT2D eigenvalue weighted by molar-refractivity contribution is -0.126. The topological polar surface area (TPSA) is 41.1 Å². The molecule has 1 saturated heterocycles. The molecule has 0 aromatic rings. The first-order chi connectivity index (χ1) is 7.36. The van der Waals surface area contributed by atoms with E-state index in [1.807, 2.05) is 0 Å². The highest BCUT2D eigenvalue weighted by atomic mass is 16.1. The van der Waals surface area contributed by atoms with Gasteiger partial charge in [-0.05, 0) is 38.6 Å². The molecule has 2 atom stereocenters. The molecule has 0 bridgehead atoms. The summed E-state index contributed by atoms with van der Waals surface area (Å²) in [5, 5.41) is 6.47. The third kappa shape index (κ3) is 3.06. The minimum absolute atomic E-state index is 0.219. The predicted octanol–water partition coefficient (Wildman–Crippen LogP) is 1.21.